The minimum atomic E-state index is -3.56. The van der Waals surface area contributed by atoms with Gasteiger partial charge in [-0.2, -0.15) is 4.31 Å². The first-order chi connectivity index (χ1) is 13.6. The van der Waals surface area contributed by atoms with Gasteiger partial charge >= 0.3 is 0 Å². The molecule has 1 aromatic carbocycles. The predicted octanol–water partition coefficient (Wildman–Crippen LogP) is 0.977. The Kier molecular flexibility index (Phi) is 10.2. The fourth-order valence-corrected chi connectivity index (χ4v) is 2.79. The fourth-order valence-electron chi connectivity index (χ4n) is 2.45. The number of benzene rings is 1. The Hall–Kier alpha value is -2.04. The zero-order chi connectivity index (χ0) is 22.0. The van der Waals surface area contributed by atoms with E-state index < -0.39 is 34.3 Å². The number of sulfonamides is 1. The first kappa shape index (κ1) is 25.0. The highest BCUT2D eigenvalue weighted by Crippen LogP contribution is 2.12. The topological polar surface area (TPSA) is 96.0 Å². The average Bonchev–Trinajstić information content (AvgIpc) is 2.65. The van der Waals surface area contributed by atoms with E-state index in [1.54, 1.807) is 6.92 Å². The highest BCUT2D eigenvalue weighted by Gasteiger charge is 2.28. The van der Waals surface area contributed by atoms with Crippen LogP contribution < -0.4 is 5.32 Å². The number of halogens is 1. The van der Waals surface area contributed by atoms with Crippen molar-refractivity contribution < 1.29 is 27.1 Å². The van der Waals surface area contributed by atoms with Crippen LogP contribution in [0.5, 0.6) is 0 Å². The summed E-state index contributed by atoms with van der Waals surface area (Å²) in [5, 5.41) is 2.75. The van der Waals surface area contributed by atoms with E-state index in [4.69, 9.17) is 4.74 Å². The van der Waals surface area contributed by atoms with E-state index >= 15 is 0 Å². The first-order valence-electron chi connectivity index (χ1n) is 9.37. The summed E-state index contributed by atoms with van der Waals surface area (Å²) in [5.41, 5.74) is 0.623. The lowest BCUT2D eigenvalue weighted by Crippen LogP contribution is -2.50. The van der Waals surface area contributed by atoms with Gasteiger partial charge in [0.2, 0.25) is 21.8 Å². The van der Waals surface area contributed by atoms with E-state index in [-0.39, 0.29) is 12.5 Å². The van der Waals surface area contributed by atoms with Crippen LogP contribution >= 0.6 is 0 Å². The van der Waals surface area contributed by atoms with Crippen molar-refractivity contribution in [2.45, 2.75) is 32.9 Å². The Bertz CT molecular complexity index is 771. The van der Waals surface area contributed by atoms with Crippen molar-refractivity contribution in [2.24, 2.45) is 0 Å². The van der Waals surface area contributed by atoms with Gasteiger partial charge in [0.15, 0.2) is 0 Å². The smallest absolute Gasteiger partial charge is 0.242 e. The molecule has 29 heavy (non-hydrogen) atoms. The average molecular weight is 432 g/mol. The quantitative estimate of drug-likeness (QED) is 0.498. The molecule has 0 bridgehead atoms. The number of nitrogens with one attached hydrogen (secondary N) is 1. The Morgan fingerprint density at radius 1 is 1.24 bits per heavy atom. The molecular formula is C19H30FN3O5S. The summed E-state index contributed by atoms with van der Waals surface area (Å²) in [5.74, 6) is -1.30. The van der Waals surface area contributed by atoms with Gasteiger partial charge < -0.3 is 15.0 Å². The van der Waals surface area contributed by atoms with Crippen molar-refractivity contribution in [2.75, 3.05) is 39.6 Å². The number of nitrogens with zero attached hydrogens (tertiary/aromatic N) is 2. The van der Waals surface area contributed by atoms with Crippen molar-refractivity contribution in [3.05, 3.63) is 35.6 Å². The summed E-state index contributed by atoms with van der Waals surface area (Å²) in [7, 11) is -2.26. The largest absolute Gasteiger partial charge is 0.382 e. The van der Waals surface area contributed by atoms with Gasteiger partial charge in [0.1, 0.15) is 11.9 Å². The molecule has 8 nitrogen and oxygen atoms in total. The van der Waals surface area contributed by atoms with Crippen molar-refractivity contribution in [3.63, 3.8) is 0 Å². The Labute approximate surface area is 172 Å². The summed E-state index contributed by atoms with van der Waals surface area (Å²) in [4.78, 5) is 26.6. The molecule has 0 saturated carbocycles. The van der Waals surface area contributed by atoms with Gasteiger partial charge in [-0.3, -0.25) is 9.59 Å². The van der Waals surface area contributed by atoms with Crippen LogP contribution in [0.1, 0.15) is 25.8 Å². The van der Waals surface area contributed by atoms with E-state index in [0.29, 0.717) is 31.7 Å². The third-order valence-corrected chi connectivity index (χ3v) is 5.59. The molecule has 0 aliphatic carbocycles. The molecule has 0 saturated heterocycles. The molecule has 0 aliphatic heterocycles. The molecule has 2 amide bonds. The number of hydrogen-bond acceptors (Lipinski definition) is 5. The maximum atomic E-state index is 13.2. The van der Waals surface area contributed by atoms with Crippen molar-refractivity contribution in [1.29, 1.82) is 0 Å². The molecule has 1 aromatic rings. The Balaban J connectivity index is 2.88. The third kappa shape index (κ3) is 8.88. The summed E-state index contributed by atoms with van der Waals surface area (Å²) in [6.45, 7) is 4.60. The van der Waals surface area contributed by atoms with E-state index in [9.17, 15) is 22.4 Å². The third-order valence-electron chi connectivity index (χ3n) is 4.33. The molecule has 10 heteroatoms. The number of likely N-dealkylation sites (N-methyl/N-ethyl adjacent to an activating group) is 1. The van der Waals surface area contributed by atoms with Crippen molar-refractivity contribution in [1.82, 2.24) is 14.5 Å². The van der Waals surface area contributed by atoms with Gasteiger partial charge in [-0.1, -0.05) is 12.1 Å². The standard InChI is InChI=1S/C19H30FN3O5S/c1-5-28-12-6-11-21-19(25)15(2)23(13-16-7-9-17(20)10-8-16)18(24)14-22(3)29(4,26)27/h7-10,15H,5-6,11-14H2,1-4H3,(H,21,25). The van der Waals surface area contributed by atoms with Crippen LogP contribution in [0.15, 0.2) is 24.3 Å². The molecule has 1 rings (SSSR count). The van der Waals surface area contributed by atoms with Crippen LogP contribution in [-0.2, 0) is 30.9 Å². The molecule has 0 fully saturated rings. The first-order valence-corrected chi connectivity index (χ1v) is 11.2. The van der Waals surface area contributed by atoms with E-state index in [1.807, 2.05) is 6.92 Å². The van der Waals surface area contributed by atoms with Gasteiger partial charge in [0, 0.05) is 33.4 Å². The van der Waals surface area contributed by atoms with Crippen LogP contribution in [0.3, 0.4) is 0 Å². The lowest BCUT2D eigenvalue weighted by atomic mass is 10.1. The van der Waals surface area contributed by atoms with Crippen LogP contribution in [0.25, 0.3) is 0 Å². The molecular weight excluding hydrogens is 401 g/mol. The van der Waals surface area contributed by atoms with Gasteiger partial charge in [-0.05, 0) is 38.0 Å². The molecule has 164 valence electrons. The van der Waals surface area contributed by atoms with Crippen LogP contribution in [0.2, 0.25) is 0 Å². The Morgan fingerprint density at radius 3 is 2.41 bits per heavy atom. The summed E-state index contributed by atoms with van der Waals surface area (Å²) < 4.78 is 42.6. The van der Waals surface area contributed by atoms with Gasteiger partial charge in [-0.15, -0.1) is 0 Å². The summed E-state index contributed by atoms with van der Waals surface area (Å²) in [6.07, 6.45) is 1.63. The molecule has 0 heterocycles. The molecule has 0 spiro atoms. The maximum Gasteiger partial charge on any atom is 0.242 e. The SMILES string of the molecule is CCOCCCNC(=O)C(C)N(Cc1ccc(F)cc1)C(=O)CN(C)S(C)(=O)=O. The number of hydrogen-bond donors (Lipinski definition) is 1. The highest BCUT2D eigenvalue weighted by molar-refractivity contribution is 7.88. The number of carbonyl (C=O) groups is 2. The molecule has 1 unspecified atom stereocenters. The van der Waals surface area contributed by atoms with Gasteiger partial charge in [0.05, 0.1) is 12.8 Å². The summed E-state index contributed by atoms with van der Waals surface area (Å²) in [6, 6.07) is 4.72. The second-order valence-electron chi connectivity index (χ2n) is 6.68. The van der Waals surface area contributed by atoms with E-state index in [0.717, 1.165) is 10.6 Å². The van der Waals surface area contributed by atoms with Crippen LogP contribution in [-0.4, -0.2) is 75.1 Å². The zero-order valence-electron chi connectivity index (χ0n) is 17.4. The van der Waals surface area contributed by atoms with Crippen LogP contribution in [0, 0.1) is 5.82 Å². The Morgan fingerprint density at radius 2 is 1.86 bits per heavy atom. The maximum absolute atomic E-state index is 13.2. The molecule has 0 aliphatic rings. The number of ether oxygens (including phenoxy) is 1. The monoisotopic (exact) mass is 431 g/mol. The fraction of sp³-hybridized carbons (Fsp3) is 0.579. The second-order valence-corrected chi connectivity index (χ2v) is 8.77. The van der Waals surface area contributed by atoms with E-state index in [2.05, 4.69) is 5.32 Å². The molecule has 0 aromatic heterocycles. The number of rotatable bonds is 12. The molecule has 0 radical (unpaired) electrons. The minimum Gasteiger partial charge on any atom is -0.382 e. The van der Waals surface area contributed by atoms with Gasteiger partial charge in [-0.25, -0.2) is 12.8 Å². The normalized spacial score (nSPS) is 12.6. The lowest BCUT2D eigenvalue weighted by Gasteiger charge is -2.30. The predicted molar refractivity (Wildman–Crippen MR) is 108 cm³/mol. The van der Waals surface area contributed by atoms with Crippen LogP contribution in [0.4, 0.5) is 4.39 Å². The number of amides is 2. The highest BCUT2D eigenvalue weighted by atomic mass is 32.2. The summed E-state index contributed by atoms with van der Waals surface area (Å²) >= 11 is 0. The van der Waals surface area contributed by atoms with Crippen molar-refractivity contribution in [3.8, 4) is 0 Å². The minimum absolute atomic E-state index is 0.0459. The van der Waals surface area contributed by atoms with E-state index in [1.165, 1.54) is 36.2 Å². The molecule has 1 atom stereocenters. The number of carbonyl (C=O) groups excluding carboxylic acids is 2. The lowest BCUT2D eigenvalue weighted by molar-refractivity contribution is -0.140. The molecule has 1 N–H and O–H groups in total. The van der Waals surface area contributed by atoms with Gasteiger partial charge in [0.25, 0.3) is 0 Å². The van der Waals surface area contributed by atoms with Crippen molar-refractivity contribution >= 4 is 21.8 Å². The zero-order valence-corrected chi connectivity index (χ0v) is 18.2. The second kappa shape index (κ2) is 11.8.